The largest absolute Gasteiger partial charge is 0.497 e. The third-order valence-corrected chi connectivity index (χ3v) is 5.99. The van der Waals surface area contributed by atoms with Crippen molar-refractivity contribution in [2.75, 3.05) is 26.5 Å². The van der Waals surface area contributed by atoms with Gasteiger partial charge in [-0.15, -0.1) is 11.3 Å². The Labute approximate surface area is 158 Å². The van der Waals surface area contributed by atoms with E-state index in [4.69, 9.17) is 4.74 Å². The number of ether oxygens (including phenoxy) is 1. The van der Waals surface area contributed by atoms with E-state index >= 15 is 0 Å². The molecule has 5 nitrogen and oxygen atoms in total. The van der Waals surface area contributed by atoms with Crippen LogP contribution in [0.15, 0.2) is 24.3 Å². The number of hydrogen-bond acceptors (Lipinski definition) is 4. The number of fused-ring (bicyclic) bond motifs is 1. The molecular formula is C20H24N2O3S. The van der Waals surface area contributed by atoms with E-state index in [1.165, 1.54) is 4.88 Å². The van der Waals surface area contributed by atoms with E-state index in [2.05, 4.69) is 5.32 Å². The van der Waals surface area contributed by atoms with Crippen molar-refractivity contribution in [3.63, 3.8) is 0 Å². The molecule has 0 spiro atoms. The number of rotatable bonds is 4. The highest BCUT2D eigenvalue weighted by atomic mass is 32.1. The first-order valence-corrected chi connectivity index (χ1v) is 9.49. The maximum atomic E-state index is 12.7. The summed E-state index contributed by atoms with van der Waals surface area (Å²) in [6.07, 6.45) is 2.35. The highest BCUT2D eigenvalue weighted by Gasteiger charge is 2.28. The molecule has 3 rings (SSSR count). The molecule has 1 heterocycles. The van der Waals surface area contributed by atoms with Gasteiger partial charge in [0.15, 0.2) is 0 Å². The first kappa shape index (κ1) is 18.5. The highest BCUT2D eigenvalue weighted by Crippen LogP contribution is 2.33. The number of anilines is 1. The Morgan fingerprint density at radius 2 is 2.04 bits per heavy atom. The molecule has 1 aliphatic rings. The van der Waals surface area contributed by atoms with Crippen LogP contribution in [0.5, 0.6) is 5.75 Å². The fraction of sp³-hybridized carbons (Fsp3) is 0.400. The minimum absolute atomic E-state index is 0.0271. The van der Waals surface area contributed by atoms with Gasteiger partial charge in [0.05, 0.1) is 12.0 Å². The van der Waals surface area contributed by atoms with Crippen LogP contribution >= 0.6 is 11.3 Å². The van der Waals surface area contributed by atoms with Crippen LogP contribution in [0.1, 0.15) is 32.1 Å². The molecule has 0 aliphatic heterocycles. The zero-order chi connectivity index (χ0) is 18.8. The van der Waals surface area contributed by atoms with E-state index in [0.29, 0.717) is 6.42 Å². The average molecular weight is 372 g/mol. The fourth-order valence-corrected chi connectivity index (χ4v) is 4.44. The minimum atomic E-state index is -0.0686. The summed E-state index contributed by atoms with van der Waals surface area (Å²) in [4.78, 5) is 28.5. The summed E-state index contributed by atoms with van der Waals surface area (Å²) >= 11 is 1.56. The van der Waals surface area contributed by atoms with Crippen LogP contribution in [0.25, 0.3) is 0 Å². The Bertz CT molecular complexity index is 842. The second-order valence-electron chi connectivity index (χ2n) is 6.87. The smallest absolute Gasteiger partial charge is 0.263 e. The van der Waals surface area contributed by atoms with Crippen molar-refractivity contribution in [3.05, 3.63) is 45.1 Å². The summed E-state index contributed by atoms with van der Waals surface area (Å²) in [6, 6.07) is 7.59. The number of amides is 2. The molecule has 138 valence electrons. The Hall–Kier alpha value is -2.34. The van der Waals surface area contributed by atoms with Gasteiger partial charge < -0.3 is 15.0 Å². The average Bonchev–Trinajstić information content (AvgIpc) is 3.05. The van der Waals surface area contributed by atoms with Crippen LogP contribution in [0.3, 0.4) is 0 Å². The van der Waals surface area contributed by atoms with E-state index in [1.54, 1.807) is 37.4 Å². The summed E-state index contributed by atoms with van der Waals surface area (Å²) in [6.45, 7) is 1.95. The second kappa shape index (κ2) is 7.50. The normalized spacial score (nSPS) is 15.9. The predicted octanol–water partition coefficient (Wildman–Crippen LogP) is 3.51. The molecule has 0 saturated carbocycles. The third kappa shape index (κ3) is 3.75. The van der Waals surface area contributed by atoms with Crippen molar-refractivity contribution in [1.82, 2.24) is 4.90 Å². The van der Waals surface area contributed by atoms with Gasteiger partial charge >= 0.3 is 0 Å². The van der Waals surface area contributed by atoms with Crippen molar-refractivity contribution >= 4 is 28.8 Å². The molecule has 0 saturated heterocycles. The van der Waals surface area contributed by atoms with Crippen LogP contribution in [-0.2, 0) is 17.6 Å². The maximum absolute atomic E-state index is 12.7. The Balaban J connectivity index is 1.70. The summed E-state index contributed by atoms with van der Waals surface area (Å²) in [5.74, 6) is 0.773. The number of hydrogen-bond donors (Lipinski definition) is 1. The van der Waals surface area contributed by atoms with Gasteiger partial charge in [0.2, 0.25) is 5.91 Å². The molecule has 0 fully saturated rings. The van der Waals surface area contributed by atoms with Crippen LogP contribution in [0.4, 0.5) is 5.69 Å². The molecule has 1 atom stereocenters. The van der Waals surface area contributed by atoms with E-state index in [9.17, 15) is 9.59 Å². The topological polar surface area (TPSA) is 58.6 Å². The number of methoxy groups -OCH3 is 1. The van der Waals surface area contributed by atoms with Crippen molar-refractivity contribution in [1.29, 1.82) is 0 Å². The monoisotopic (exact) mass is 372 g/mol. The molecule has 2 aromatic rings. The molecule has 1 unspecified atom stereocenters. The van der Waals surface area contributed by atoms with Crippen molar-refractivity contribution in [3.8, 4) is 5.75 Å². The molecule has 0 bridgehead atoms. The zero-order valence-corrected chi connectivity index (χ0v) is 16.4. The quantitative estimate of drug-likeness (QED) is 0.893. The second-order valence-corrected chi connectivity index (χ2v) is 8.01. The summed E-state index contributed by atoms with van der Waals surface area (Å²) < 4.78 is 5.21. The van der Waals surface area contributed by atoms with E-state index < -0.39 is 0 Å². The highest BCUT2D eigenvalue weighted by molar-refractivity contribution is 7.14. The molecular weight excluding hydrogens is 348 g/mol. The summed E-state index contributed by atoms with van der Waals surface area (Å²) in [7, 11) is 5.14. The summed E-state index contributed by atoms with van der Waals surface area (Å²) in [5.41, 5.74) is 2.93. The Morgan fingerprint density at radius 1 is 1.27 bits per heavy atom. The van der Waals surface area contributed by atoms with Gasteiger partial charge in [-0.2, -0.15) is 0 Å². The van der Waals surface area contributed by atoms with E-state index in [1.807, 2.05) is 31.2 Å². The number of nitrogens with one attached hydrogen (secondary N) is 1. The number of aryl methyl sites for hydroxylation is 2. The SMILES string of the molecule is COc1ccc(NC(=O)C2CCc3sc(C(=O)N(C)C)cc3C2)c(C)c1. The fourth-order valence-electron chi connectivity index (χ4n) is 3.21. The maximum Gasteiger partial charge on any atom is 0.263 e. The van der Waals surface area contributed by atoms with Gasteiger partial charge in [-0.1, -0.05) is 0 Å². The first-order valence-electron chi connectivity index (χ1n) is 8.67. The van der Waals surface area contributed by atoms with Gasteiger partial charge in [-0.25, -0.2) is 0 Å². The van der Waals surface area contributed by atoms with Gasteiger partial charge in [0.1, 0.15) is 5.75 Å². The number of nitrogens with zero attached hydrogens (tertiary/aromatic N) is 1. The number of carbonyl (C=O) groups excluding carboxylic acids is 2. The van der Waals surface area contributed by atoms with Gasteiger partial charge in [0, 0.05) is 30.6 Å². The lowest BCUT2D eigenvalue weighted by Crippen LogP contribution is -2.27. The van der Waals surface area contributed by atoms with Crippen LogP contribution in [0.2, 0.25) is 0 Å². The Morgan fingerprint density at radius 3 is 2.69 bits per heavy atom. The van der Waals surface area contributed by atoms with Crippen LogP contribution < -0.4 is 10.1 Å². The molecule has 1 aromatic heterocycles. The number of thiophene rings is 1. The lowest BCUT2D eigenvalue weighted by Gasteiger charge is -2.22. The molecule has 1 aromatic carbocycles. The predicted molar refractivity (Wildman–Crippen MR) is 104 cm³/mol. The molecule has 26 heavy (non-hydrogen) atoms. The lowest BCUT2D eigenvalue weighted by atomic mass is 9.87. The van der Waals surface area contributed by atoms with E-state index in [0.717, 1.165) is 40.3 Å². The van der Waals surface area contributed by atoms with Crippen molar-refractivity contribution < 1.29 is 14.3 Å². The molecule has 0 radical (unpaired) electrons. The van der Waals surface area contributed by atoms with Gasteiger partial charge in [0.25, 0.3) is 5.91 Å². The zero-order valence-electron chi connectivity index (χ0n) is 15.6. The standard InChI is InChI=1S/C20H24N2O3S/c1-12-9-15(25-4)6-7-16(12)21-19(23)13-5-8-17-14(10-13)11-18(26-17)20(24)22(2)3/h6-7,9,11,13H,5,8,10H2,1-4H3,(H,21,23). The van der Waals surface area contributed by atoms with Gasteiger partial charge in [-0.3, -0.25) is 9.59 Å². The lowest BCUT2D eigenvalue weighted by molar-refractivity contribution is -0.120. The number of carbonyl (C=O) groups is 2. The van der Waals surface area contributed by atoms with Crippen molar-refractivity contribution in [2.45, 2.75) is 26.2 Å². The van der Waals surface area contributed by atoms with Crippen molar-refractivity contribution in [2.24, 2.45) is 5.92 Å². The molecule has 1 N–H and O–H groups in total. The molecule has 2 amide bonds. The van der Waals surface area contributed by atoms with Gasteiger partial charge in [-0.05, 0) is 61.6 Å². The molecule has 1 aliphatic carbocycles. The third-order valence-electron chi connectivity index (χ3n) is 4.76. The first-order chi connectivity index (χ1) is 12.4. The minimum Gasteiger partial charge on any atom is -0.497 e. The Kier molecular flexibility index (Phi) is 5.32. The van der Waals surface area contributed by atoms with Crippen LogP contribution in [0, 0.1) is 12.8 Å². The summed E-state index contributed by atoms with van der Waals surface area (Å²) in [5, 5.41) is 3.04. The van der Waals surface area contributed by atoms with E-state index in [-0.39, 0.29) is 17.7 Å². The molecule has 6 heteroatoms. The van der Waals surface area contributed by atoms with Crippen LogP contribution in [-0.4, -0.2) is 37.9 Å². The number of benzene rings is 1.